The third-order valence-corrected chi connectivity index (χ3v) is 5.01. The summed E-state index contributed by atoms with van der Waals surface area (Å²) < 4.78 is 5.61. The number of rotatable bonds is 14. The van der Waals surface area contributed by atoms with Gasteiger partial charge in [-0.25, -0.2) is 0 Å². The summed E-state index contributed by atoms with van der Waals surface area (Å²) in [6.07, 6.45) is 16.3. The van der Waals surface area contributed by atoms with Crippen LogP contribution >= 0.6 is 0 Å². The van der Waals surface area contributed by atoms with E-state index in [0.29, 0.717) is 6.61 Å². The van der Waals surface area contributed by atoms with Crippen LogP contribution in [-0.2, 0) is 9.53 Å². The van der Waals surface area contributed by atoms with Gasteiger partial charge in [-0.05, 0) is 6.42 Å². The molecule has 3 atom stereocenters. The van der Waals surface area contributed by atoms with Gasteiger partial charge in [-0.3, -0.25) is 4.79 Å². The number of carbonyl (C=O) groups excluding carboxylic acids is 1. The van der Waals surface area contributed by atoms with Gasteiger partial charge in [-0.15, -0.1) is 0 Å². The molecule has 4 nitrogen and oxygen atoms in total. The number of amides is 1. The molecule has 0 aromatic carbocycles. The molecule has 1 rings (SSSR count). The molecule has 0 unspecified atom stereocenters. The Hall–Kier alpha value is -0.610. The number of aliphatic hydroxyl groups excluding tert-OH is 1. The zero-order valence-electron chi connectivity index (χ0n) is 15.9. The normalized spacial score (nSPS) is 23.5. The van der Waals surface area contributed by atoms with Crippen molar-refractivity contribution in [3.05, 3.63) is 0 Å². The van der Waals surface area contributed by atoms with E-state index in [0.717, 1.165) is 12.8 Å². The summed E-state index contributed by atoms with van der Waals surface area (Å²) in [5.41, 5.74) is 0. The minimum Gasteiger partial charge on any atom is -0.388 e. The molecule has 0 spiro atoms. The Morgan fingerprint density at radius 1 is 0.958 bits per heavy atom. The van der Waals surface area contributed by atoms with Crippen LogP contribution < -0.4 is 5.32 Å². The van der Waals surface area contributed by atoms with Crippen molar-refractivity contribution < 1.29 is 14.6 Å². The fourth-order valence-electron chi connectivity index (χ4n) is 3.51. The average Bonchev–Trinajstić information content (AvgIpc) is 2.88. The standard InChI is InChI=1S/C20H39NO3/c1-3-4-5-6-7-8-9-10-11-12-13-14-15-19-20(23)18(16-24-19)21-17(2)22/h18-20,23H,3-16H2,1-2H3,(H,21,22)/t18-,19-,20-/m0/s1. The van der Waals surface area contributed by atoms with Gasteiger partial charge in [-0.1, -0.05) is 84.0 Å². The van der Waals surface area contributed by atoms with E-state index in [4.69, 9.17) is 4.74 Å². The minimum absolute atomic E-state index is 0.103. The van der Waals surface area contributed by atoms with Crippen LogP contribution in [0.25, 0.3) is 0 Å². The SMILES string of the molecule is CCCCCCCCCCCCCC[C@@H]1OC[C@H](NC(C)=O)[C@@H]1O. The molecule has 0 bridgehead atoms. The highest BCUT2D eigenvalue weighted by Crippen LogP contribution is 2.20. The van der Waals surface area contributed by atoms with Crippen LogP contribution in [0.15, 0.2) is 0 Å². The lowest BCUT2D eigenvalue weighted by Gasteiger charge is -2.17. The van der Waals surface area contributed by atoms with Gasteiger partial charge >= 0.3 is 0 Å². The van der Waals surface area contributed by atoms with Crippen LogP contribution in [0.1, 0.15) is 97.3 Å². The van der Waals surface area contributed by atoms with E-state index >= 15 is 0 Å². The maximum Gasteiger partial charge on any atom is 0.217 e. The topological polar surface area (TPSA) is 58.6 Å². The summed E-state index contributed by atoms with van der Waals surface area (Å²) in [5, 5.41) is 12.9. The smallest absolute Gasteiger partial charge is 0.217 e. The Labute approximate surface area is 148 Å². The number of ether oxygens (including phenoxy) is 1. The van der Waals surface area contributed by atoms with Crippen molar-refractivity contribution in [2.45, 2.75) is 116 Å². The summed E-state index contributed by atoms with van der Waals surface area (Å²) in [7, 11) is 0. The Morgan fingerprint density at radius 3 is 1.96 bits per heavy atom. The van der Waals surface area contributed by atoms with E-state index in [9.17, 15) is 9.90 Å². The molecule has 142 valence electrons. The summed E-state index contributed by atoms with van der Waals surface area (Å²) in [6.45, 7) is 4.18. The number of hydrogen-bond acceptors (Lipinski definition) is 3. The van der Waals surface area contributed by atoms with E-state index in [-0.39, 0.29) is 18.1 Å². The molecule has 1 saturated heterocycles. The van der Waals surface area contributed by atoms with Crippen LogP contribution in [0.5, 0.6) is 0 Å². The summed E-state index contributed by atoms with van der Waals surface area (Å²) in [5.74, 6) is -0.103. The molecule has 0 aromatic heterocycles. The Balaban J connectivity index is 1.88. The largest absolute Gasteiger partial charge is 0.388 e. The molecule has 1 aliphatic heterocycles. The molecule has 2 N–H and O–H groups in total. The minimum atomic E-state index is -0.554. The maximum absolute atomic E-state index is 11.0. The zero-order valence-corrected chi connectivity index (χ0v) is 15.9. The molecule has 1 amide bonds. The molecule has 0 aliphatic carbocycles. The second kappa shape index (κ2) is 13.7. The van der Waals surface area contributed by atoms with Crippen LogP contribution in [-0.4, -0.2) is 35.9 Å². The molecule has 0 radical (unpaired) electrons. The predicted octanol–water partition coefficient (Wildman–Crippen LogP) is 4.34. The maximum atomic E-state index is 11.0. The first-order chi connectivity index (χ1) is 11.6. The van der Waals surface area contributed by atoms with E-state index < -0.39 is 6.10 Å². The zero-order chi connectivity index (χ0) is 17.6. The number of nitrogens with one attached hydrogen (secondary N) is 1. The van der Waals surface area contributed by atoms with Crippen LogP contribution in [0.4, 0.5) is 0 Å². The second-order valence-corrected chi connectivity index (χ2v) is 7.35. The highest BCUT2D eigenvalue weighted by Gasteiger charge is 2.35. The molecular formula is C20H39NO3. The second-order valence-electron chi connectivity index (χ2n) is 7.35. The molecule has 1 fully saturated rings. The first-order valence-electron chi connectivity index (χ1n) is 10.2. The van der Waals surface area contributed by atoms with Gasteiger partial charge in [0.25, 0.3) is 0 Å². The number of carbonyl (C=O) groups is 1. The van der Waals surface area contributed by atoms with Crippen LogP contribution in [0, 0.1) is 0 Å². The van der Waals surface area contributed by atoms with Crippen molar-refractivity contribution in [3.63, 3.8) is 0 Å². The van der Waals surface area contributed by atoms with Crippen molar-refractivity contribution in [3.8, 4) is 0 Å². The van der Waals surface area contributed by atoms with Crippen LogP contribution in [0.3, 0.4) is 0 Å². The van der Waals surface area contributed by atoms with E-state index in [1.165, 1.54) is 77.6 Å². The average molecular weight is 342 g/mol. The van der Waals surface area contributed by atoms with Gasteiger partial charge in [0.15, 0.2) is 0 Å². The first-order valence-corrected chi connectivity index (χ1v) is 10.2. The first kappa shape index (κ1) is 21.4. The van der Waals surface area contributed by atoms with E-state index in [1.54, 1.807) is 0 Å². The Bertz CT molecular complexity index is 322. The van der Waals surface area contributed by atoms with Gasteiger partial charge in [-0.2, -0.15) is 0 Å². The third kappa shape index (κ3) is 9.63. The summed E-state index contributed by atoms with van der Waals surface area (Å²) in [6, 6.07) is -0.232. The fraction of sp³-hybridized carbons (Fsp3) is 0.950. The quantitative estimate of drug-likeness (QED) is 0.462. The Kier molecular flexibility index (Phi) is 12.2. The molecule has 0 aromatic rings. The molecule has 1 heterocycles. The molecule has 4 heteroatoms. The van der Waals surface area contributed by atoms with Gasteiger partial charge < -0.3 is 15.2 Å². The molecular weight excluding hydrogens is 302 g/mol. The number of unbranched alkanes of at least 4 members (excludes halogenated alkanes) is 11. The van der Waals surface area contributed by atoms with Gasteiger partial charge in [0.05, 0.1) is 18.8 Å². The van der Waals surface area contributed by atoms with Crippen molar-refractivity contribution in [1.29, 1.82) is 0 Å². The lowest BCUT2D eigenvalue weighted by molar-refractivity contribution is -0.120. The van der Waals surface area contributed by atoms with Crippen molar-refractivity contribution >= 4 is 5.91 Å². The van der Waals surface area contributed by atoms with Crippen LogP contribution in [0.2, 0.25) is 0 Å². The van der Waals surface area contributed by atoms with E-state index in [1.807, 2.05) is 0 Å². The fourth-order valence-corrected chi connectivity index (χ4v) is 3.51. The molecule has 0 saturated carbocycles. The monoisotopic (exact) mass is 341 g/mol. The van der Waals surface area contributed by atoms with E-state index in [2.05, 4.69) is 12.2 Å². The summed E-state index contributed by atoms with van der Waals surface area (Å²) in [4.78, 5) is 11.0. The third-order valence-electron chi connectivity index (χ3n) is 5.01. The van der Waals surface area contributed by atoms with Crippen molar-refractivity contribution in [1.82, 2.24) is 5.32 Å². The van der Waals surface area contributed by atoms with Crippen molar-refractivity contribution in [2.24, 2.45) is 0 Å². The van der Waals surface area contributed by atoms with Gasteiger partial charge in [0.2, 0.25) is 5.91 Å². The highest BCUT2D eigenvalue weighted by molar-refractivity contribution is 5.73. The summed E-state index contributed by atoms with van der Waals surface area (Å²) >= 11 is 0. The molecule has 1 aliphatic rings. The molecule has 24 heavy (non-hydrogen) atoms. The van der Waals surface area contributed by atoms with Gasteiger partial charge in [0, 0.05) is 6.92 Å². The lowest BCUT2D eigenvalue weighted by atomic mass is 10.0. The Morgan fingerprint density at radius 2 is 1.46 bits per heavy atom. The lowest BCUT2D eigenvalue weighted by Crippen LogP contribution is -2.43. The number of hydrogen-bond donors (Lipinski definition) is 2. The van der Waals surface area contributed by atoms with Gasteiger partial charge in [0.1, 0.15) is 6.10 Å². The highest BCUT2D eigenvalue weighted by atomic mass is 16.5. The van der Waals surface area contributed by atoms with Crippen molar-refractivity contribution in [2.75, 3.05) is 6.61 Å². The number of aliphatic hydroxyl groups is 1. The predicted molar refractivity (Wildman–Crippen MR) is 99.0 cm³/mol.